The lowest BCUT2D eigenvalue weighted by atomic mass is 9.96. The van der Waals surface area contributed by atoms with Gasteiger partial charge in [0, 0.05) is 23.2 Å². The van der Waals surface area contributed by atoms with Crippen LogP contribution < -0.4 is 10.2 Å². The molecule has 1 amide bonds. The molecule has 2 unspecified atom stereocenters. The zero-order valence-corrected chi connectivity index (χ0v) is 17.7. The topological polar surface area (TPSA) is 101 Å². The van der Waals surface area contributed by atoms with E-state index in [0.29, 0.717) is 13.1 Å². The molecule has 5 heterocycles. The molecule has 158 valence electrons. The van der Waals surface area contributed by atoms with E-state index in [4.69, 9.17) is 4.74 Å². The Balaban J connectivity index is 1.42. The number of carbonyl (C=O) groups is 1. The van der Waals surface area contributed by atoms with E-state index >= 15 is 0 Å². The van der Waals surface area contributed by atoms with E-state index in [1.165, 1.54) is 4.88 Å². The van der Waals surface area contributed by atoms with Gasteiger partial charge in [-0.05, 0) is 24.4 Å². The van der Waals surface area contributed by atoms with Crippen molar-refractivity contribution in [3.05, 3.63) is 46.7 Å². The van der Waals surface area contributed by atoms with Crippen molar-refractivity contribution in [2.45, 2.75) is 31.5 Å². The number of anilines is 1. The van der Waals surface area contributed by atoms with Crippen LogP contribution in [0.25, 0.3) is 22.4 Å². The maximum atomic E-state index is 11.8. The molecule has 6 rings (SSSR count). The number of para-hydroxylation sites is 1. The number of hydrogen-bond acceptors (Lipinski definition) is 7. The normalized spacial score (nSPS) is 23.1. The third-order valence-electron chi connectivity index (χ3n) is 6.27. The van der Waals surface area contributed by atoms with Crippen molar-refractivity contribution in [3.63, 3.8) is 0 Å². The minimum Gasteiger partial charge on any atom is -0.439 e. The highest BCUT2D eigenvalue weighted by Gasteiger charge is 2.52. The molecule has 0 radical (unpaired) electrons. The van der Waals surface area contributed by atoms with E-state index in [0.717, 1.165) is 41.3 Å². The number of alkyl carbamates (subject to hydrolysis) is 1. The number of ether oxygens (including phenoxy) is 1. The Kier molecular flexibility index (Phi) is 4.04. The number of H-pyrrole nitrogens is 1. The lowest BCUT2D eigenvalue weighted by molar-refractivity contribution is 0.0583. The molecule has 2 aliphatic rings. The van der Waals surface area contributed by atoms with Gasteiger partial charge in [-0.25, -0.2) is 4.79 Å². The molecule has 9 nitrogen and oxygen atoms in total. The van der Waals surface area contributed by atoms with Crippen molar-refractivity contribution in [3.8, 4) is 11.5 Å². The van der Waals surface area contributed by atoms with Gasteiger partial charge in [-0.3, -0.25) is 9.67 Å². The van der Waals surface area contributed by atoms with Gasteiger partial charge < -0.3 is 15.0 Å². The summed E-state index contributed by atoms with van der Waals surface area (Å²) >= 11 is 1.70. The third kappa shape index (κ3) is 2.89. The minimum absolute atomic E-state index is 0.0478. The number of nitrogens with one attached hydrogen (secondary N) is 2. The first-order chi connectivity index (χ1) is 15.1. The molecule has 2 fully saturated rings. The molecule has 31 heavy (non-hydrogen) atoms. The Morgan fingerprint density at radius 2 is 2.16 bits per heavy atom. The standard InChI is InChI=1S/C21H21N7O2S/c1-13-21(30-20(29)22-13)8-9-27(12-21)19-26-25-18(28(19)11-14-5-4-10-31-14)17-15-6-2-3-7-16(15)23-24-17/h2-7,10,13H,8-9,11-12H2,1H3,(H,22,29)(H,23,24). The van der Waals surface area contributed by atoms with Gasteiger partial charge in [-0.1, -0.05) is 24.3 Å². The SMILES string of the molecule is CC1NC(=O)OC12CCN(c1nnc(-c3n[nH]c4ccccc34)n1Cc1cccs1)C2. The Morgan fingerprint density at radius 1 is 1.26 bits per heavy atom. The first-order valence-corrected chi connectivity index (χ1v) is 11.1. The highest BCUT2D eigenvalue weighted by Crippen LogP contribution is 2.36. The molecule has 3 aromatic heterocycles. The van der Waals surface area contributed by atoms with Crippen LogP contribution in [0.3, 0.4) is 0 Å². The molecule has 2 atom stereocenters. The van der Waals surface area contributed by atoms with Crippen LogP contribution in [-0.4, -0.2) is 55.8 Å². The van der Waals surface area contributed by atoms with Crippen molar-refractivity contribution >= 4 is 34.3 Å². The maximum absolute atomic E-state index is 11.8. The lowest BCUT2D eigenvalue weighted by Crippen LogP contribution is -2.44. The van der Waals surface area contributed by atoms with E-state index in [1.807, 2.05) is 37.3 Å². The Bertz CT molecular complexity index is 1260. The monoisotopic (exact) mass is 435 g/mol. The maximum Gasteiger partial charge on any atom is 0.408 e. The van der Waals surface area contributed by atoms with Crippen LogP contribution in [0.2, 0.25) is 0 Å². The Hall–Kier alpha value is -3.40. The van der Waals surface area contributed by atoms with Crippen molar-refractivity contribution in [1.82, 2.24) is 30.3 Å². The fraction of sp³-hybridized carbons (Fsp3) is 0.333. The highest BCUT2D eigenvalue weighted by atomic mass is 32.1. The molecule has 1 spiro atoms. The van der Waals surface area contributed by atoms with Crippen molar-refractivity contribution in [2.75, 3.05) is 18.0 Å². The Labute approximate surface area is 182 Å². The van der Waals surface area contributed by atoms with E-state index in [-0.39, 0.29) is 12.1 Å². The molecule has 0 bridgehead atoms. The van der Waals surface area contributed by atoms with Crippen molar-refractivity contribution in [1.29, 1.82) is 0 Å². The average Bonchev–Trinajstić information content (AvgIpc) is 3.56. The first kappa shape index (κ1) is 18.4. The minimum atomic E-state index is -0.532. The van der Waals surface area contributed by atoms with Crippen LogP contribution in [-0.2, 0) is 11.3 Å². The summed E-state index contributed by atoms with van der Waals surface area (Å²) in [6.45, 7) is 3.96. The lowest BCUT2D eigenvalue weighted by Gasteiger charge is -2.26. The number of hydrogen-bond donors (Lipinski definition) is 2. The molecular weight excluding hydrogens is 414 g/mol. The summed E-state index contributed by atoms with van der Waals surface area (Å²) < 4.78 is 7.81. The second-order valence-electron chi connectivity index (χ2n) is 8.10. The number of aromatic nitrogens is 5. The van der Waals surface area contributed by atoms with Crippen molar-refractivity contribution < 1.29 is 9.53 Å². The van der Waals surface area contributed by atoms with E-state index in [9.17, 15) is 4.79 Å². The van der Waals surface area contributed by atoms with Gasteiger partial charge in [-0.2, -0.15) is 5.10 Å². The zero-order valence-electron chi connectivity index (χ0n) is 16.9. The van der Waals surface area contributed by atoms with Gasteiger partial charge >= 0.3 is 6.09 Å². The van der Waals surface area contributed by atoms with Gasteiger partial charge in [0.25, 0.3) is 0 Å². The number of carbonyl (C=O) groups excluding carboxylic acids is 1. The number of nitrogens with zero attached hydrogens (tertiary/aromatic N) is 5. The molecule has 2 N–H and O–H groups in total. The van der Waals surface area contributed by atoms with Crippen LogP contribution in [0, 0.1) is 0 Å². The van der Waals surface area contributed by atoms with E-state index in [2.05, 4.69) is 46.6 Å². The van der Waals surface area contributed by atoms with Crippen LogP contribution in [0.1, 0.15) is 18.2 Å². The predicted molar refractivity (Wildman–Crippen MR) is 117 cm³/mol. The van der Waals surface area contributed by atoms with E-state index < -0.39 is 5.60 Å². The quantitative estimate of drug-likeness (QED) is 0.511. The van der Waals surface area contributed by atoms with Gasteiger partial charge in [0.15, 0.2) is 11.4 Å². The smallest absolute Gasteiger partial charge is 0.408 e. The number of aromatic amines is 1. The molecular formula is C21H21N7O2S. The molecule has 0 saturated carbocycles. The third-order valence-corrected chi connectivity index (χ3v) is 7.13. The van der Waals surface area contributed by atoms with Gasteiger partial charge in [0.05, 0.1) is 24.6 Å². The molecule has 10 heteroatoms. The molecule has 1 aromatic carbocycles. The van der Waals surface area contributed by atoms with Gasteiger partial charge in [-0.15, -0.1) is 21.5 Å². The van der Waals surface area contributed by atoms with Crippen molar-refractivity contribution in [2.24, 2.45) is 0 Å². The second-order valence-corrected chi connectivity index (χ2v) is 9.13. The number of rotatable bonds is 4. The molecule has 2 saturated heterocycles. The number of fused-ring (bicyclic) bond motifs is 1. The highest BCUT2D eigenvalue weighted by molar-refractivity contribution is 7.09. The fourth-order valence-corrected chi connectivity index (χ4v) is 5.26. The summed E-state index contributed by atoms with van der Waals surface area (Å²) in [6, 6.07) is 12.1. The van der Waals surface area contributed by atoms with Crippen LogP contribution in [0.5, 0.6) is 0 Å². The summed E-state index contributed by atoms with van der Waals surface area (Å²) in [5.41, 5.74) is 1.21. The van der Waals surface area contributed by atoms with Gasteiger partial charge in [0.1, 0.15) is 5.69 Å². The molecule has 4 aromatic rings. The average molecular weight is 436 g/mol. The largest absolute Gasteiger partial charge is 0.439 e. The van der Waals surface area contributed by atoms with Gasteiger partial charge in [0.2, 0.25) is 5.95 Å². The van der Waals surface area contributed by atoms with Crippen LogP contribution in [0.15, 0.2) is 41.8 Å². The molecule has 2 aliphatic heterocycles. The fourth-order valence-electron chi connectivity index (χ4n) is 4.57. The summed E-state index contributed by atoms with van der Waals surface area (Å²) in [7, 11) is 0. The summed E-state index contributed by atoms with van der Waals surface area (Å²) in [4.78, 5) is 15.2. The second kappa shape index (κ2) is 6.81. The Morgan fingerprint density at radius 3 is 2.97 bits per heavy atom. The molecule has 0 aliphatic carbocycles. The summed E-state index contributed by atoms with van der Waals surface area (Å²) in [6.07, 6.45) is 0.400. The number of thiophene rings is 1. The van der Waals surface area contributed by atoms with Crippen LogP contribution in [0.4, 0.5) is 10.7 Å². The number of benzene rings is 1. The van der Waals surface area contributed by atoms with E-state index in [1.54, 1.807) is 11.3 Å². The predicted octanol–water partition coefficient (Wildman–Crippen LogP) is 3.01. The zero-order chi connectivity index (χ0) is 21.0. The summed E-state index contributed by atoms with van der Waals surface area (Å²) in [5, 5.41) is 22.7. The summed E-state index contributed by atoms with van der Waals surface area (Å²) in [5.74, 6) is 1.49. The number of amides is 1. The first-order valence-electron chi connectivity index (χ1n) is 10.3. The van der Waals surface area contributed by atoms with Crippen LogP contribution >= 0.6 is 11.3 Å².